The van der Waals surface area contributed by atoms with Crippen LogP contribution in [0.1, 0.15) is 4.88 Å². The minimum atomic E-state index is 0.850. The largest absolute Gasteiger partial charge is 0.497 e. The summed E-state index contributed by atoms with van der Waals surface area (Å²) in [6.45, 7) is 0.850. The van der Waals surface area contributed by atoms with Crippen molar-refractivity contribution in [1.82, 2.24) is 0 Å². The van der Waals surface area contributed by atoms with Crippen molar-refractivity contribution in [3.05, 3.63) is 45.1 Å². The molecule has 0 bridgehead atoms. The van der Waals surface area contributed by atoms with Crippen molar-refractivity contribution in [3.63, 3.8) is 0 Å². The maximum atomic E-state index is 5.10. The summed E-state index contributed by atoms with van der Waals surface area (Å²) in [7, 11) is 1.67. The quantitative estimate of drug-likeness (QED) is 0.916. The van der Waals surface area contributed by atoms with E-state index in [1.807, 2.05) is 24.3 Å². The van der Waals surface area contributed by atoms with Gasteiger partial charge in [-0.2, -0.15) is 0 Å². The molecule has 0 aliphatic rings. The Morgan fingerprint density at radius 2 is 2.06 bits per heavy atom. The van der Waals surface area contributed by atoms with E-state index in [1.54, 1.807) is 18.4 Å². The van der Waals surface area contributed by atoms with Crippen LogP contribution >= 0.6 is 27.3 Å². The summed E-state index contributed by atoms with van der Waals surface area (Å²) in [5, 5.41) is 5.45. The van der Waals surface area contributed by atoms with Crippen LogP contribution in [0, 0.1) is 0 Å². The summed E-state index contributed by atoms with van der Waals surface area (Å²) in [5.41, 5.74) is 1.10. The van der Waals surface area contributed by atoms with E-state index in [0.717, 1.165) is 22.5 Å². The molecule has 0 spiro atoms. The first-order valence-electron chi connectivity index (χ1n) is 4.89. The summed E-state index contributed by atoms with van der Waals surface area (Å²) < 4.78 is 6.25. The zero-order chi connectivity index (χ0) is 11.4. The van der Waals surface area contributed by atoms with E-state index in [0.29, 0.717) is 0 Å². The van der Waals surface area contributed by atoms with Gasteiger partial charge >= 0.3 is 0 Å². The van der Waals surface area contributed by atoms with Crippen LogP contribution < -0.4 is 10.1 Å². The fourth-order valence-corrected chi connectivity index (χ4v) is 2.74. The molecule has 0 atom stereocenters. The van der Waals surface area contributed by atoms with Gasteiger partial charge in [0.1, 0.15) is 5.75 Å². The topological polar surface area (TPSA) is 21.3 Å². The van der Waals surface area contributed by atoms with Crippen molar-refractivity contribution in [1.29, 1.82) is 0 Å². The number of benzene rings is 1. The summed E-state index contributed by atoms with van der Waals surface area (Å²) in [6.07, 6.45) is 0. The minimum Gasteiger partial charge on any atom is -0.497 e. The highest BCUT2D eigenvalue weighted by Gasteiger charge is 1.98. The SMILES string of the molecule is COc1ccc(NCc2cc(Br)cs2)cc1. The Kier molecular flexibility index (Phi) is 3.85. The number of anilines is 1. The Morgan fingerprint density at radius 3 is 2.62 bits per heavy atom. The standard InChI is InChI=1S/C12H12BrNOS/c1-15-11-4-2-10(3-5-11)14-7-12-6-9(13)8-16-12/h2-6,8,14H,7H2,1H3. The molecule has 4 heteroatoms. The highest BCUT2D eigenvalue weighted by Crippen LogP contribution is 2.21. The van der Waals surface area contributed by atoms with Gasteiger partial charge < -0.3 is 10.1 Å². The number of methoxy groups -OCH3 is 1. The molecule has 0 saturated carbocycles. The second-order valence-corrected chi connectivity index (χ2v) is 5.22. The van der Waals surface area contributed by atoms with Gasteiger partial charge in [0.25, 0.3) is 0 Å². The van der Waals surface area contributed by atoms with Crippen molar-refractivity contribution < 1.29 is 4.74 Å². The molecule has 84 valence electrons. The maximum Gasteiger partial charge on any atom is 0.119 e. The molecule has 1 heterocycles. The van der Waals surface area contributed by atoms with Crippen LogP contribution in [0.15, 0.2) is 40.2 Å². The lowest BCUT2D eigenvalue weighted by Gasteiger charge is -2.05. The molecule has 1 aromatic heterocycles. The minimum absolute atomic E-state index is 0.850. The van der Waals surface area contributed by atoms with E-state index in [-0.39, 0.29) is 0 Å². The molecule has 1 aromatic carbocycles. The molecule has 0 fully saturated rings. The number of nitrogens with one attached hydrogen (secondary N) is 1. The van der Waals surface area contributed by atoms with Crippen LogP contribution in [0.4, 0.5) is 5.69 Å². The van der Waals surface area contributed by atoms with Gasteiger partial charge in [-0.3, -0.25) is 0 Å². The predicted molar refractivity (Wildman–Crippen MR) is 72.3 cm³/mol. The van der Waals surface area contributed by atoms with E-state index < -0.39 is 0 Å². The van der Waals surface area contributed by atoms with E-state index in [1.165, 1.54) is 4.88 Å². The van der Waals surface area contributed by atoms with Gasteiger partial charge in [-0.1, -0.05) is 0 Å². The molecule has 2 rings (SSSR count). The smallest absolute Gasteiger partial charge is 0.119 e. The first-order chi connectivity index (χ1) is 7.78. The number of thiophene rings is 1. The molecule has 2 aromatic rings. The predicted octanol–water partition coefficient (Wildman–Crippen LogP) is 4.13. The van der Waals surface area contributed by atoms with Crippen molar-refractivity contribution in [3.8, 4) is 5.75 Å². The molecule has 0 saturated heterocycles. The molecule has 0 aliphatic carbocycles. The van der Waals surface area contributed by atoms with Crippen LogP contribution in [-0.2, 0) is 6.54 Å². The first kappa shape index (κ1) is 11.5. The van der Waals surface area contributed by atoms with Crippen LogP contribution in [0.2, 0.25) is 0 Å². The fourth-order valence-electron chi connectivity index (χ4n) is 1.34. The van der Waals surface area contributed by atoms with Crippen molar-refractivity contribution >= 4 is 33.0 Å². The van der Waals surface area contributed by atoms with Gasteiger partial charge in [-0.15, -0.1) is 11.3 Å². The molecule has 0 unspecified atom stereocenters. The maximum absolute atomic E-state index is 5.10. The number of hydrogen-bond donors (Lipinski definition) is 1. The van der Waals surface area contributed by atoms with Gasteiger partial charge in [0.15, 0.2) is 0 Å². The summed E-state index contributed by atoms with van der Waals surface area (Å²) in [4.78, 5) is 1.31. The highest BCUT2D eigenvalue weighted by molar-refractivity contribution is 9.10. The summed E-state index contributed by atoms with van der Waals surface area (Å²) in [6, 6.07) is 10.1. The third-order valence-corrected chi connectivity index (χ3v) is 3.88. The van der Waals surface area contributed by atoms with E-state index >= 15 is 0 Å². The number of ether oxygens (including phenoxy) is 1. The summed E-state index contributed by atoms with van der Waals surface area (Å²) in [5.74, 6) is 0.879. The van der Waals surface area contributed by atoms with E-state index in [9.17, 15) is 0 Å². The third-order valence-electron chi connectivity index (χ3n) is 2.18. The molecular formula is C12H12BrNOS. The van der Waals surface area contributed by atoms with Gasteiger partial charge in [-0.05, 0) is 46.3 Å². The average Bonchev–Trinajstić information content (AvgIpc) is 2.73. The van der Waals surface area contributed by atoms with Gasteiger partial charge in [0.05, 0.1) is 7.11 Å². The Bertz CT molecular complexity index is 452. The lowest BCUT2D eigenvalue weighted by atomic mass is 10.3. The van der Waals surface area contributed by atoms with Crippen LogP contribution in [0.25, 0.3) is 0 Å². The van der Waals surface area contributed by atoms with E-state index in [4.69, 9.17) is 4.74 Å². The van der Waals surface area contributed by atoms with Crippen LogP contribution in [-0.4, -0.2) is 7.11 Å². The molecule has 16 heavy (non-hydrogen) atoms. The number of rotatable bonds is 4. The Balaban J connectivity index is 1.94. The Labute approximate surface area is 107 Å². The fraction of sp³-hybridized carbons (Fsp3) is 0.167. The van der Waals surface area contributed by atoms with Crippen LogP contribution in [0.3, 0.4) is 0 Å². The molecule has 1 N–H and O–H groups in total. The zero-order valence-corrected chi connectivity index (χ0v) is 11.3. The summed E-state index contributed by atoms with van der Waals surface area (Å²) >= 11 is 5.19. The first-order valence-corrected chi connectivity index (χ1v) is 6.56. The lowest BCUT2D eigenvalue weighted by molar-refractivity contribution is 0.415. The highest BCUT2D eigenvalue weighted by atomic mass is 79.9. The number of halogens is 1. The second-order valence-electron chi connectivity index (χ2n) is 3.31. The molecule has 2 nitrogen and oxygen atoms in total. The molecule has 0 radical (unpaired) electrons. The average molecular weight is 298 g/mol. The zero-order valence-electron chi connectivity index (χ0n) is 8.87. The van der Waals surface area contributed by atoms with Crippen molar-refractivity contribution in [2.24, 2.45) is 0 Å². The van der Waals surface area contributed by atoms with Gasteiger partial charge in [0, 0.05) is 27.0 Å². The normalized spacial score (nSPS) is 10.1. The van der Waals surface area contributed by atoms with Crippen LogP contribution in [0.5, 0.6) is 5.75 Å². The van der Waals surface area contributed by atoms with Gasteiger partial charge in [-0.25, -0.2) is 0 Å². The molecular weight excluding hydrogens is 286 g/mol. The monoisotopic (exact) mass is 297 g/mol. The van der Waals surface area contributed by atoms with Crippen molar-refractivity contribution in [2.45, 2.75) is 6.54 Å². The molecule has 0 aliphatic heterocycles. The Morgan fingerprint density at radius 1 is 1.31 bits per heavy atom. The van der Waals surface area contributed by atoms with Crippen molar-refractivity contribution in [2.75, 3.05) is 12.4 Å². The van der Waals surface area contributed by atoms with E-state index in [2.05, 4.69) is 32.7 Å². The second kappa shape index (κ2) is 5.37. The van der Waals surface area contributed by atoms with Gasteiger partial charge in [0.2, 0.25) is 0 Å². The lowest BCUT2D eigenvalue weighted by Crippen LogP contribution is -1.96. The molecule has 0 amide bonds. The Hall–Kier alpha value is -1.00. The number of hydrogen-bond acceptors (Lipinski definition) is 3. The third kappa shape index (κ3) is 3.00.